The highest BCUT2D eigenvalue weighted by molar-refractivity contribution is 6.44. The van der Waals surface area contributed by atoms with Crippen LogP contribution in [0.15, 0.2) is 35.1 Å². The first-order valence-corrected chi connectivity index (χ1v) is 12.6. The van der Waals surface area contributed by atoms with Gasteiger partial charge in [-0.05, 0) is 76.2 Å². The molecule has 0 radical (unpaired) electrons. The predicted molar refractivity (Wildman–Crippen MR) is 137 cm³/mol. The summed E-state index contributed by atoms with van der Waals surface area (Å²) in [5.41, 5.74) is 2.89. The van der Waals surface area contributed by atoms with Gasteiger partial charge >= 0.3 is 0 Å². The highest BCUT2D eigenvalue weighted by atomic mass is 16.5. The van der Waals surface area contributed by atoms with E-state index in [2.05, 4.69) is 57.9 Å². The zero-order valence-corrected chi connectivity index (χ0v) is 20.8. The summed E-state index contributed by atoms with van der Waals surface area (Å²) in [6.45, 7) is 19.6. The summed E-state index contributed by atoms with van der Waals surface area (Å²) in [5, 5.41) is 3.07. The first-order valence-electron chi connectivity index (χ1n) is 12.6. The Morgan fingerprint density at radius 1 is 1.24 bits per heavy atom. The number of carbonyl (C=O) groups is 1. The molecular formula is C27H37N5O2. The summed E-state index contributed by atoms with van der Waals surface area (Å²) >= 11 is 0. The number of amides is 1. The van der Waals surface area contributed by atoms with Crippen molar-refractivity contribution < 1.29 is 9.53 Å². The number of piperidine rings is 1. The van der Waals surface area contributed by atoms with Gasteiger partial charge in [-0.2, -0.15) is 0 Å². The Hall–Kier alpha value is -2.69. The number of rotatable bonds is 8. The molecule has 2 saturated heterocycles. The third-order valence-electron chi connectivity index (χ3n) is 7.24. The van der Waals surface area contributed by atoms with Crippen LogP contribution in [0.5, 0.6) is 0 Å². The highest BCUT2D eigenvalue weighted by Gasteiger charge is 2.27. The van der Waals surface area contributed by atoms with Crippen LogP contribution in [-0.2, 0) is 15.1 Å². The van der Waals surface area contributed by atoms with Gasteiger partial charge in [-0.15, -0.1) is 4.99 Å². The Bertz CT molecular complexity index is 993. The first kappa shape index (κ1) is 24.4. The number of benzene rings is 1. The van der Waals surface area contributed by atoms with E-state index in [-0.39, 0.29) is 5.91 Å². The van der Waals surface area contributed by atoms with Crippen LogP contribution in [0.25, 0.3) is 4.85 Å². The van der Waals surface area contributed by atoms with Crippen molar-refractivity contribution >= 4 is 23.0 Å². The Morgan fingerprint density at radius 3 is 2.65 bits per heavy atom. The number of hydrogen-bond donors (Lipinski definition) is 1. The molecule has 1 amide bonds. The Labute approximate surface area is 203 Å². The molecule has 0 aliphatic carbocycles. The molecule has 0 aromatic heterocycles. The Morgan fingerprint density at radius 2 is 1.97 bits per heavy atom. The normalized spacial score (nSPS) is 19.6. The third-order valence-corrected chi connectivity index (χ3v) is 7.24. The molecule has 182 valence electrons. The van der Waals surface area contributed by atoms with Crippen molar-refractivity contribution in [2.24, 2.45) is 10.9 Å². The molecule has 4 rings (SSSR count). The molecule has 34 heavy (non-hydrogen) atoms. The van der Waals surface area contributed by atoms with Crippen LogP contribution in [0.1, 0.15) is 58.4 Å². The molecule has 2 fully saturated rings. The van der Waals surface area contributed by atoms with E-state index in [1.54, 1.807) is 6.08 Å². The second-order valence-corrected chi connectivity index (χ2v) is 10.2. The van der Waals surface area contributed by atoms with Gasteiger partial charge in [0.1, 0.15) is 0 Å². The number of carbonyl (C=O) groups excluding carboxylic acids is 1. The van der Waals surface area contributed by atoms with Crippen molar-refractivity contribution in [3.8, 4) is 0 Å². The van der Waals surface area contributed by atoms with Gasteiger partial charge in [0.05, 0.1) is 23.6 Å². The lowest BCUT2D eigenvalue weighted by atomic mass is 9.94. The summed E-state index contributed by atoms with van der Waals surface area (Å²) in [4.78, 5) is 25.2. The molecule has 0 spiro atoms. The molecular weight excluding hydrogens is 426 g/mol. The minimum absolute atomic E-state index is 0.240. The van der Waals surface area contributed by atoms with Crippen molar-refractivity contribution in [1.82, 2.24) is 4.90 Å². The molecule has 1 N–H and O–H groups in total. The number of hydrogen-bond acceptors (Lipinski definition) is 5. The number of likely N-dealkylation sites (tertiary alicyclic amines) is 1. The second-order valence-electron chi connectivity index (χ2n) is 10.2. The van der Waals surface area contributed by atoms with Crippen molar-refractivity contribution in [1.29, 1.82) is 0 Å². The fraction of sp³-hybridized carbons (Fsp3) is 0.593. The van der Waals surface area contributed by atoms with E-state index in [1.807, 2.05) is 6.07 Å². The summed E-state index contributed by atoms with van der Waals surface area (Å²) < 4.78 is 6.36. The largest absolute Gasteiger partial charge is 0.370 e. The van der Waals surface area contributed by atoms with Gasteiger partial charge in [0.15, 0.2) is 5.71 Å². The number of nitrogens with one attached hydrogen (secondary N) is 1. The van der Waals surface area contributed by atoms with Crippen molar-refractivity contribution in [3.05, 3.63) is 47.1 Å². The number of ether oxygens (including phenoxy) is 1. The monoisotopic (exact) mass is 463 g/mol. The first-order chi connectivity index (χ1) is 16.4. The molecule has 3 aliphatic heterocycles. The van der Waals surface area contributed by atoms with Gasteiger partial charge in [-0.3, -0.25) is 4.79 Å². The third kappa shape index (κ3) is 5.86. The number of anilines is 2. The zero-order chi connectivity index (χ0) is 24.1. The predicted octanol–water partition coefficient (Wildman–Crippen LogP) is 4.81. The molecule has 1 aromatic rings. The van der Waals surface area contributed by atoms with Crippen LogP contribution in [0, 0.1) is 12.5 Å². The zero-order valence-electron chi connectivity index (χ0n) is 20.8. The van der Waals surface area contributed by atoms with E-state index in [0.29, 0.717) is 30.5 Å². The highest BCUT2D eigenvalue weighted by Crippen LogP contribution is 2.35. The van der Waals surface area contributed by atoms with Crippen LogP contribution in [0.3, 0.4) is 0 Å². The second kappa shape index (κ2) is 10.7. The van der Waals surface area contributed by atoms with E-state index in [1.165, 1.54) is 25.9 Å². The summed E-state index contributed by atoms with van der Waals surface area (Å²) in [7, 11) is 0. The van der Waals surface area contributed by atoms with Gasteiger partial charge in [0.2, 0.25) is 0 Å². The fourth-order valence-electron chi connectivity index (χ4n) is 4.87. The number of aliphatic imine (C=N–C) groups is 1. The van der Waals surface area contributed by atoms with Crippen LogP contribution in [0.4, 0.5) is 11.4 Å². The van der Waals surface area contributed by atoms with Gasteiger partial charge in [-0.25, -0.2) is 0 Å². The van der Waals surface area contributed by atoms with E-state index in [0.717, 1.165) is 49.4 Å². The van der Waals surface area contributed by atoms with E-state index in [9.17, 15) is 4.79 Å². The molecule has 3 heterocycles. The lowest BCUT2D eigenvalue weighted by Crippen LogP contribution is -2.34. The Kier molecular flexibility index (Phi) is 7.70. The standard InChI is InChI=1S/C27H37N5O2/c1-20-11-15-32(16-12-20)24-19-21(27(2,3)34-18-17-31-13-5-6-14-31)7-8-22(24)30-26(33)23-9-10-25(28-4)29-23/h7-8,10,19-20H,5-6,9,11-18H2,1-3H3,(H,30,33). The summed E-state index contributed by atoms with van der Waals surface area (Å²) in [5.74, 6) is 0.766. The fourth-order valence-corrected chi connectivity index (χ4v) is 4.87. The minimum atomic E-state index is -0.427. The summed E-state index contributed by atoms with van der Waals surface area (Å²) in [6.07, 6.45) is 6.94. The van der Waals surface area contributed by atoms with Crippen molar-refractivity contribution in [3.63, 3.8) is 0 Å². The average Bonchev–Trinajstić information content (AvgIpc) is 3.52. The maximum Gasteiger partial charge on any atom is 0.294 e. The van der Waals surface area contributed by atoms with Crippen LogP contribution < -0.4 is 10.2 Å². The molecule has 0 saturated carbocycles. The van der Waals surface area contributed by atoms with Crippen LogP contribution >= 0.6 is 0 Å². The molecule has 1 aromatic carbocycles. The maximum absolute atomic E-state index is 12.9. The number of nitrogens with zero attached hydrogens (tertiary/aromatic N) is 4. The van der Waals surface area contributed by atoms with Gasteiger partial charge in [-0.1, -0.05) is 25.6 Å². The Balaban J connectivity index is 1.51. The topological polar surface area (TPSA) is 61.5 Å². The van der Waals surface area contributed by atoms with E-state index >= 15 is 0 Å². The lowest BCUT2D eigenvalue weighted by molar-refractivity contribution is -0.110. The number of allylic oxidation sites excluding steroid dienone is 1. The van der Waals surface area contributed by atoms with Gasteiger partial charge in [0, 0.05) is 26.1 Å². The molecule has 0 bridgehead atoms. The molecule has 7 heteroatoms. The molecule has 3 aliphatic rings. The lowest BCUT2D eigenvalue weighted by Gasteiger charge is -2.35. The van der Waals surface area contributed by atoms with Crippen LogP contribution in [-0.4, -0.2) is 55.8 Å². The van der Waals surface area contributed by atoms with Crippen molar-refractivity contribution in [2.75, 3.05) is 49.5 Å². The molecule has 0 unspecified atom stereocenters. The maximum atomic E-state index is 12.9. The minimum Gasteiger partial charge on any atom is -0.370 e. The average molecular weight is 464 g/mol. The van der Waals surface area contributed by atoms with Crippen LogP contribution in [0.2, 0.25) is 0 Å². The van der Waals surface area contributed by atoms with Crippen molar-refractivity contribution in [2.45, 2.75) is 58.5 Å². The SMILES string of the molecule is [C-]#[N+]C1=CCC(C(=O)Nc2ccc(C(C)(C)OCCN3CCCC3)cc2N2CCC(C)CC2)=N1. The van der Waals surface area contributed by atoms with Gasteiger partial charge < -0.3 is 24.7 Å². The molecule has 0 atom stereocenters. The quantitative estimate of drug-likeness (QED) is 0.562. The van der Waals surface area contributed by atoms with E-state index < -0.39 is 5.60 Å². The van der Waals surface area contributed by atoms with E-state index in [4.69, 9.17) is 11.3 Å². The smallest absolute Gasteiger partial charge is 0.294 e. The summed E-state index contributed by atoms with van der Waals surface area (Å²) in [6, 6.07) is 6.23. The van der Waals surface area contributed by atoms with Gasteiger partial charge in [0.25, 0.3) is 11.7 Å². The molecule has 7 nitrogen and oxygen atoms in total.